The van der Waals surface area contributed by atoms with Crippen LogP contribution in [-0.4, -0.2) is 26.4 Å². The lowest BCUT2D eigenvalue weighted by atomic mass is 10.3. The highest BCUT2D eigenvalue weighted by Crippen LogP contribution is 2.19. The summed E-state index contributed by atoms with van der Waals surface area (Å²) < 4.78 is 15.7. The Morgan fingerprint density at radius 2 is 2.31 bits per heavy atom. The van der Waals surface area contributed by atoms with E-state index in [-0.39, 0.29) is 0 Å². The van der Waals surface area contributed by atoms with Crippen molar-refractivity contribution in [3.05, 3.63) is 23.7 Å². The Labute approximate surface area is 95.9 Å². The topological polar surface area (TPSA) is 43.6 Å². The monoisotopic (exact) mass is 225 g/mol. The minimum Gasteiger partial charge on any atom is -0.467 e. The van der Waals surface area contributed by atoms with E-state index in [4.69, 9.17) is 13.9 Å². The van der Waals surface area contributed by atoms with Gasteiger partial charge in [-0.25, -0.2) is 0 Å². The number of rotatable bonds is 8. The minimum atomic E-state index is 0.521. The molecule has 1 heterocycles. The lowest BCUT2D eigenvalue weighted by Gasteiger charge is -2.00. The highest BCUT2D eigenvalue weighted by molar-refractivity contribution is 5.12. The van der Waals surface area contributed by atoms with Crippen molar-refractivity contribution in [2.75, 3.05) is 20.3 Å². The van der Waals surface area contributed by atoms with Crippen LogP contribution in [0.1, 0.15) is 24.2 Å². The molecule has 0 radical (unpaired) electrons. The Hall–Kier alpha value is -0.840. The molecule has 1 saturated carbocycles. The Morgan fingerprint density at radius 3 is 3.06 bits per heavy atom. The molecule has 1 aromatic heterocycles. The second-order valence-electron chi connectivity index (χ2n) is 4.12. The fourth-order valence-electron chi connectivity index (χ4n) is 1.46. The minimum absolute atomic E-state index is 0.521. The maximum Gasteiger partial charge on any atom is 0.129 e. The molecule has 4 nitrogen and oxygen atoms in total. The molecule has 0 aliphatic heterocycles. The number of methoxy groups -OCH3 is 1. The second-order valence-corrected chi connectivity index (χ2v) is 4.12. The second kappa shape index (κ2) is 6.03. The fourth-order valence-corrected chi connectivity index (χ4v) is 1.46. The van der Waals surface area contributed by atoms with Gasteiger partial charge in [0.15, 0.2) is 0 Å². The average molecular weight is 225 g/mol. The molecule has 90 valence electrons. The molecule has 1 aromatic rings. The summed E-state index contributed by atoms with van der Waals surface area (Å²) in [5.41, 5.74) is 1.19. The van der Waals surface area contributed by atoms with Crippen LogP contribution < -0.4 is 5.32 Å². The van der Waals surface area contributed by atoms with E-state index >= 15 is 0 Å². The van der Waals surface area contributed by atoms with Crippen molar-refractivity contribution in [2.45, 2.75) is 32.0 Å². The van der Waals surface area contributed by atoms with Gasteiger partial charge in [-0.1, -0.05) is 0 Å². The van der Waals surface area contributed by atoms with Crippen LogP contribution >= 0.6 is 0 Å². The third kappa shape index (κ3) is 3.96. The molecule has 0 amide bonds. The smallest absolute Gasteiger partial charge is 0.129 e. The fraction of sp³-hybridized carbons (Fsp3) is 0.667. The first-order valence-electron chi connectivity index (χ1n) is 5.75. The molecule has 0 bridgehead atoms. The van der Waals surface area contributed by atoms with Crippen LogP contribution in [0.4, 0.5) is 0 Å². The van der Waals surface area contributed by atoms with Gasteiger partial charge in [0.05, 0.1) is 19.5 Å². The van der Waals surface area contributed by atoms with E-state index < -0.39 is 0 Å². The van der Waals surface area contributed by atoms with Gasteiger partial charge in [0.2, 0.25) is 0 Å². The Kier molecular flexibility index (Phi) is 4.39. The quantitative estimate of drug-likeness (QED) is 0.684. The molecule has 4 heteroatoms. The lowest BCUT2D eigenvalue weighted by molar-refractivity contribution is 0.0538. The summed E-state index contributed by atoms with van der Waals surface area (Å²) in [6.07, 6.45) is 4.42. The van der Waals surface area contributed by atoms with E-state index in [0.717, 1.165) is 18.3 Å². The maximum absolute atomic E-state index is 5.39. The Balaban J connectivity index is 1.64. The van der Waals surface area contributed by atoms with Crippen molar-refractivity contribution >= 4 is 0 Å². The highest BCUT2D eigenvalue weighted by atomic mass is 16.5. The van der Waals surface area contributed by atoms with E-state index in [0.29, 0.717) is 19.8 Å². The van der Waals surface area contributed by atoms with Gasteiger partial charge in [-0.3, -0.25) is 0 Å². The van der Waals surface area contributed by atoms with E-state index in [1.165, 1.54) is 18.4 Å². The summed E-state index contributed by atoms with van der Waals surface area (Å²) >= 11 is 0. The predicted molar refractivity (Wildman–Crippen MR) is 60.1 cm³/mol. The zero-order valence-electron chi connectivity index (χ0n) is 9.70. The van der Waals surface area contributed by atoms with Crippen LogP contribution in [-0.2, 0) is 22.6 Å². The van der Waals surface area contributed by atoms with Crippen molar-refractivity contribution in [3.8, 4) is 0 Å². The largest absolute Gasteiger partial charge is 0.467 e. The van der Waals surface area contributed by atoms with Crippen LogP contribution in [0, 0.1) is 0 Å². The van der Waals surface area contributed by atoms with E-state index in [2.05, 4.69) is 5.32 Å². The summed E-state index contributed by atoms with van der Waals surface area (Å²) in [5.74, 6) is 0.878. The van der Waals surface area contributed by atoms with Gasteiger partial charge < -0.3 is 19.2 Å². The lowest BCUT2D eigenvalue weighted by Crippen LogP contribution is -2.14. The molecule has 16 heavy (non-hydrogen) atoms. The molecule has 0 unspecified atom stereocenters. The molecule has 0 spiro atoms. The molecule has 1 aliphatic carbocycles. The van der Waals surface area contributed by atoms with Crippen LogP contribution in [0.2, 0.25) is 0 Å². The van der Waals surface area contributed by atoms with Crippen molar-refractivity contribution < 1.29 is 13.9 Å². The predicted octanol–water partition coefficient (Wildman–Crippen LogP) is 1.69. The van der Waals surface area contributed by atoms with E-state index in [1.54, 1.807) is 13.4 Å². The zero-order valence-corrected chi connectivity index (χ0v) is 9.70. The van der Waals surface area contributed by atoms with Gasteiger partial charge in [-0.2, -0.15) is 0 Å². The molecule has 0 atom stereocenters. The molecular weight excluding hydrogens is 206 g/mol. The number of nitrogens with one attached hydrogen (secondary N) is 1. The summed E-state index contributed by atoms with van der Waals surface area (Å²) in [6.45, 7) is 2.64. The molecule has 1 fully saturated rings. The van der Waals surface area contributed by atoms with Crippen molar-refractivity contribution in [1.29, 1.82) is 0 Å². The number of hydrogen-bond donors (Lipinski definition) is 1. The van der Waals surface area contributed by atoms with E-state index in [1.807, 2.05) is 6.07 Å². The van der Waals surface area contributed by atoms with Crippen molar-refractivity contribution in [1.82, 2.24) is 5.32 Å². The normalized spacial score (nSPS) is 15.6. The molecule has 0 aromatic carbocycles. The average Bonchev–Trinajstić information content (AvgIpc) is 3.02. The first-order valence-corrected chi connectivity index (χ1v) is 5.75. The SMILES string of the molecule is COCCOCc1cc(CNC2CC2)co1. The summed E-state index contributed by atoms with van der Waals surface area (Å²) in [6, 6.07) is 2.78. The third-order valence-corrected chi connectivity index (χ3v) is 2.56. The molecular formula is C12H19NO3. The van der Waals surface area contributed by atoms with Crippen LogP contribution in [0.15, 0.2) is 16.7 Å². The van der Waals surface area contributed by atoms with Crippen molar-refractivity contribution in [2.24, 2.45) is 0 Å². The van der Waals surface area contributed by atoms with Gasteiger partial charge in [-0.05, 0) is 18.9 Å². The van der Waals surface area contributed by atoms with Crippen LogP contribution in [0.25, 0.3) is 0 Å². The number of furan rings is 1. The number of hydrogen-bond acceptors (Lipinski definition) is 4. The Morgan fingerprint density at radius 1 is 1.44 bits per heavy atom. The number of ether oxygens (including phenoxy) is 2. The molecule has 2 rings (SSSR count). The first-order chi connectivity index (χ1) is 7.88. The first kappa shape index (κ1) is 11.6. The molecule has 1 N–H and O–H groups in total. The van der Waals surface area contributed by atoms with Crippen LogP contribution in [0.5, 0.6) is 0 Å². The summed E-state index contributed by atoms with van der Waals surface area (Å²) in [7, 11) is 1.66. The summed E-state index contributed by atoms with van der Waals surface area (Å²) in [4.78, 5) is 0. The third-order valence-electron chi connectivity index (χ3n) is 2.56. The van der Waals surface area contributed by atoms with E-state index in [9.17, 15) is 0 Å². The van der Waals surface area contributed by atoms with Crippen LogP contribution in [0.3, 0.4) is 0 Å². The van der Waals surface area contributed by atoms with Crippen molar-refractivity contribution in [3.63, 3.8) is 0 Å². The zero-order chi connectivity index (χ0) is 11.2. The van der Waals surface area contributed by atoms with Gasteiger partial charge in [0.25, 0.3) is 0 Å². The summed E-state index contributed by atoms with van der Waals surface area (Å²) in [5, 5.41) is 3.44. The van der Waals surface area contributed by atoms with Gasteiger partial charge in [-0.15, -0.1) is 0 Å². The van der Waals surface area contributed by atoms with Gasteiger partial charge >= 0.3 is 0 Å². The molecule has 1 aliphatic rings. The van der Waals surface area contributed by atoms with Gasteiger partial charge in [0, 0.05) is 25.3 Å². The highest BCUT2D eigenvalue weighted by Gasteiger charge is 2.20. The molecule has 0 saturated heterocycles. The standard InChI is InChI=1S/C12H19NO3/c1-14-4-5-15-9-12-6-10(8-16-12)7-13-11-2-3-11/h6,8,11,13H,2-5,7,9H2,1H3. The Bertz CT molecular complexity index is 307. The van der Waals surface area contributed by atoms with Gasteiger partial charge in [0.1, 0.15) is 12.4 Å². The maximum atomic E-state index is 5.39.